The molecule has 0 amide bonds. The zero-order chi connectivity index (χ0) is 10.1. The largest absolute Gasteiger partial charge is 0.310 e. The lowest BCUT2D eigenvalue weighted by atomic mass is 10.1. The zero-order valence-electron chi connectivity index (χ0n) is 7.49. The maximum absolute atomic E-state index is 13.7. The lowest BCUT2D eigenvalue weighted by Gasteiger charge is -2.13. The zero-order valence-corrected chi connectivity index (χ0v) is 9.83. The van der Waals surface area contributed by atoms with Gasteiger partial charge in [-0.1, -0.05) is 11.6 Å². The van der Waals surface area contributed by atoms with Crippen LogP contribution < -0.4 is 5.32 Å². The second kappa shape index (κ2) is 4.17. The monoisotopic (exact) mass is 277 g/mol. The Hall–Kier alpha value is -0.120. The van der Waals surface area contributed by atoms with Crippen molar-refractivity contribution in [3.63, 3.8) is 0 Å². The van der Waals surface area contributed by atoms with E-state index in [1.807, 2.05) is 0 Å². The normalized spacial score (nSPS) is 21.5. The maximum Gasteiger partial charge on any atom is 0.142 e. The number of rotatable bonds is 1. The molecule has 14 heavy (non-hydrogen) atoms. The Kier molecular flexibility index (Phi) is 3.10. The van der Waals surface area contributed by atoms with Gasteiger partial charge in [0.2, 0.25) is 0 Å². The van der Waals surface area contributed by atoms with Gasteiger partial charge in [-0.15, -0.1) is 0 Å². The third kappa shape index (κ3) is 1.95. The topological polar surface area (TPSA) is 12.0 Å². The molecule has 0 aromatic heterocycles. The van der Waals surface area contributed by atoms with E-state index in [9.17, 15) is 4.39 Å². The second-order valence-corrected chi connectivity index (χ2v) is 4.73. The Morgan fingerprint density at radius 2 is 2.29 bits per heavy atom. The number of nitrogens with one attached hydrogen (secondary N) is 1. The van der Waals surface area contributed by atoms with Crippen LogP contribution in [0.3, 0.4) is 0 Å². The van der Waals surface area contributed by atoms with E-state index >= 15 is 0 Å². The molecule has 0 spiro atoms. The van der Waals surface area contributed by atoms with Gasteiger partial charge in [0.15, 0.2) is 0 Å². The van der Waals surface area contributed by atoms with Crippen molar-refractivity contribution in [2.75, 3.05) is 6.54 Å². The minimum atomic E-state index is -0.200. The first-order chi connectivity index (χ1) is 6.68. The Morgan fingerprint density at radius 3 is 2.93 bits per heavy atom. The fraction of sp³-hybridized carbons (Fsp3) is 0.400. The Morgan fingerprint density at radius 1 is 1.50 bits per heavy atom. The highest BCUT2D eigenvalue weighted by atomic mass is 79.9. The van der Waals surface area contributed by atoms with Crippen molar-refractivity contribution in [3.8, 4) is 0 Å². The van der Waals surface area contributed by atoms with Crippen molar-refractivity contribution >= 4 is 27.5 Å². The minimum absolute atomic E-state index is 0.116. The molecular weight excluding hydrogens is 268 g/mol. The van der Waals surface area contributed by atoms with Gasteiger partial charge < -0.3 is 5.32 Å². The summed E-state index contributed by atoms with van der Waals surface area (Å²) in [6.45, 7) is 0.953. The Balaban J connectivity index is 2.40. The smallest absolute Gasteiger partial charge is 0.142 e. The van der Waals surface area contributed by atoms with E-state index in [-0.39, 0.29) is 11.9 Å². The van der Waals surface area contributed by atoms with E-state index < -0.39 is 0 Å². The van der Waals surface area contributed by atoms with Crippen LogP contribution in [0.5, 0.6) is 0 Å². The fourth-order valence-electron chi connectivity index (χ4n) is 1.78. The number of benzene rings is 1. The molecule has 0 bridgehead atoms. The van der Waals surface area contributed by atoms with Crippen LogP contribution >= 0.6 is 27.5 Å². The predicted octanol–water partition coefficient (Wildman–Crippen LogP) is 3.67. The molecule has 1 saturated heterocycles. The molecule has 0 unspecified atom stereocenters. The molecule has 1 N–H and O–H groups in total. The van der Waals surface area contributed by atoms with E-state index in [4.69, 9.17) is 11.6 Å². The van der Waals surface area contributed by atoms with Crippen molar-refractivity contribution in [3.05, 3.63) is 33.0 Å². The summed E-state index contributed by atoms with van der Waals surface area (Å²) in [5.74, 6) is -0.200. The van der Waals surface area contributed by atoms with Crippen LogP contribution in [-0.4, -0.2) is 6.54 Å². The average molecular weight is 279 g/mol. The van der Waals surface area contributed by atoms with Crippen molar-refractivity contribution in [2.45, 2.75) is 18.9 Å². The van der Waals surface area contributed by atoms with Gasteiger partial charge in [0.1, 0.15) is 5.82 Å². The van der Waals surface area contributed by atoms with Gasteiger partial charge in [-0.25, -0.2) is 4.39 Å². The highest BCUT2D eigenvalue weighted by Gasteiger charge is 2.21. The van der Waals surface area contributed by atoms with Crippen molar-refractivity contribution in [1.29, 1.82) is 0 Å². The summed E-state index contributed by atoms with van der Waals surface area (Å²) >= 11 is 9.03. The second-order valence-electron chi connectivity index (χ2n) is 3.44. The highest BCUT2D eigenvalue weighted by molar-refractivity contribution is 9.10. The van der Waals surface area contributed by atoms with Crippen LogP contribution in [0.2, 0.25) is 5.02 Å². The third-order valence-corrected chi connectivity index (χ3v) is 3.25. The molecule has 0 aliphatic carbocycles. The van der Waals surface area contributed by atoms with E-state index in [1.165, 1.54) is 0 Å². The van der Waals surface area contributed by atoms with E-state index in [1.54, 1.807) is 12.1 Å². The van der Waals surface area contributed by atoms with Crippen LogP contribution in [0.25, 0.3) is 0 Å². The maximum atomic E-state index is 13.7. The van der Waals surface area contributed by atoms with E-state index in [0.717, 1.165) is 19.4 Å². The lowest BCUT2D eigenvalue weighted by Crippen LogP contribution is -2.14. The molecule has 1 aromatic carbocycles. The molecule has 1 aliphatic heterocycles. The third-order valence-electron chi connectivity index (χ3n) is 2.46. The predicted molar refractivity (Wildman–Crippen MR) is 59.1 cm³/mol. The minimum Gasteiger partial charge on any atom is -0.310 e. The van der Waals surface area contributed by atoms with Crippen LogP contribution in [0.4, 0.5) is 4.39 Å². The van der Waals surface area contributed by atoms with Gasteiger partial charge >= 0.3 is 0 Å². The SMILES string of the molecule is Fc1c(Br)cc(Cl)cc1[C@H]1CCCN1. The van der Waals surface area contributed by atoms with E-state index in [2.05, 4.69) is 21.2 Å². The summed E-state index contributed by atoms with van der Waals surface area (Å²) in [4.78, 5) is 0. The molecule has 2 rings (SSSR count). The van der Waals surface area contributed by atoms with Crippen molar-refractivity contribution in [2.24, 2.45) is 0 Å². The molecule has 1 atom stereocenters. The Labute approximate surface area is 95.8 Å². The first-order valence-electron chi connectivity index (χ1n) is 4.56. The quantitative estimate of drug-likeness (QED) is 0.773. The van der Waals surface area contributed by atoms with Gasteiger partial charge in [0.05, 0.1) is 4.47 Å². The molecular formula is C10H10BrClFN. The summed E-state index contributed by atoms with van der Waals surface area (Å²) in [5.41, 5.74) is 0.668. The molecule has 0 saturated carbocycles. The van der Waals surface area contributed by atoms with Crippen LogP contribution in [0, 0.1) is 5.82 Å². The van der Waals surface area contributed by atoms with Crippen LogP contribution in [-0.2, 0) is 0 Å². The number of halogens is 3. The molecule has 1 aromatic rings. The molecule has 0 radical (unpaired) electrons. The summed E-state index contributed by atoms with van der Waals surface area (Å²) in [6, 6.07) is 3.39. The first kappa shape index (κ1) is 10.4. The summed E-state index contributed by atoms with van der Waals surface area (Å²) in [7, 11) is 0. The fourth-order valence-corrected chi connectivity index (χ4v) is 2.61. The van der Waals surface area contributed by atoms with E-state index in [0.29, 0.717) is 15.1 Å². The van der Waals surface area contributed by atoms with Gasteiger partial charge in [0.25, 0.3) is 0 Å². The summed E-state index contributed by atoms with van der Waals surface area (Å²) in [5, 5.41) is 3.82. The number of hydrogen-bond acceptors (Lipinski definition) is 1. The summed E-state index contributed by atoms with van der Waals surface area (Å²) in [6.07, 6.45) is 2.07. The molecule has 4 heteroatoms. The van der Waals surface area contributed by atoms with Gasteiger partial charge in [-0.3, -0.25) is 0 Å². The number of hydrogen-bond donors (Lipinski definition) is 1. The van der Waals surface area contributed by atoms with Gasteiger partial charge in [-0.05, 0) is 47.4 Å². The molecule has 1 aliphatic rings. The molecule has 76 valence electrons. The van der Waals surface area contributed by atoms with Crippen molar-refractivity contribution in [1.82, 2.24) is 5.32 Å². The molecule has 1 heterocycles. The highest BCUT2D eigenvalue weighted by Crippen LogP contribution is 2.31. The summed E-state index contributed by atoms with van der Waals surface area (Å²) < 4.78 is 14.1. The first-order valence-corrected chi connectivity index (χ1v) is 5.73. The van der Waals surface area contributed by atoms with Crippen LogP contribution in [0.15, 0.2) is 16.6 Å². The molecule has 1 fully saturated rings. The van der Waals surface area contributed by atoms with Gasteiger partial charge in [0, 0.05) is 16.6 Å². The average Bonchev–Trinajstić information content (AvgIpc) is 2.63. The molecule has 1 nitrogen and oxygen atoms in total. The van der Waals surface area contributed by atoms with Crippen LogP contribution in [0.1, 0.15) is 24.4 Å². The standard InChI is InChI=1S/C10H10BrClFN/c11-8-5-6(12)4-7(10(8)13)9-2-1-3-14-9/h4-5,9,14H,1-3H2/t9-/m1/s1. The van der Waals surface area contributed by atoms with Crippen molar-refractivity contribution < 1.29 is 4.39 Å². The van der Waals surface area contributed by atoms with Gasteiger partial charge in [-0.2, -0.15) is 0 Å². The lowest BCUT2D eigenvalue weighted by molar-refractivity contribution is 0.554. The Bertz CT molecular complexity index is 350.